The van der Waals surface area contributed by atoms with Crippen molar-refractivity contribution < 1.29 is 0 Å². The van der Waals surface area contributed by atoms with E-state index < -0.39 is 0 Å². The van der Waals surface area contributed by atoms with Gasteiger partial charge in [0.1, 0.15) is 0 Å². The number of hydrogen-bond acceptors (Lipinski definition) is 3. The quantitative estimate of drug-likeness (QED) is 0.735. The fourth-order valence-corrected chi connectivity index (χ4v) is 3.14. The van der Waals surface area contributed by atoms with Crippen molar-refractivity contribution in [1.29, 1.82) is 5.26 Å². The Morgan fingerprint density at radius 2 is 1.94 bits per heavy atom. The Labute approximate surface area is 112 Å². The molecular formula is C15H27N3. The zero-order valence-corrected chi connectivity index (χ0v) is 11.7. The van der Waals surface area contributed by atoms with E-state index in [1.807, 2.05) is 0 Å². The second-order valence-electron chi connectivity index (χ2n) is 5.79. The molecule has 0 aromatic rings. The van der Waals surface area contributed by atoms with Crippen LogP contribution < -0.4 is 5.32 Å². The van der Waals surface area contributed by atoms with Crippen LogP contribution in [-0.4, -0.2) is 36.6 Å². The van der Waals surface area contributed by atoms with Gasteiger partial charge < -0.3 is 5.32 Å². The summed E-state index contributed by atoms with van der Waals surface area (Å²) in [5, 5.41) is 12.9. The van der Waals surface area contributed by atoms with Crippen molar-refractivity contribution in [3.05, 3.63) is 0 Å². The third-order valence-corrected chi connectivity index (χ3v) is 4.46. The number of hydrogen-bond donors (Lipinski definition) is 1. The molecular weight excluding hydrogens is 222 g/mol. The highest BCUT2D eigenvalue weighted by Crippen LogP contribution is 2.26. The number of rotatable bonds is 6. The Hall–Kier alpha value is -0.590. The van der Waals surface area contributed by atoms with Crippen molar-refractivity contribution in [2.24, 2.45) is 5.92 Å². The fourth-order valence-electron chi connectivity index (χ4n) is 3.14. The molecule has 2 saturated carbocycles. The van der Waals surface area contributed by atoms with Crippen molar-refractivity contribution in [1.82, 2.24) is 10.2 Å². The summed E-state index contributed by atoms with van der Waals surface area (Å²) in [6.07, 6.45) is 8.88. The minimum Gasteiger partial charge on any atom is -0.311 e. The molecule has 0 amide bonds. The number of likely N-dealkylation sites (N-methyl/N-ethyl adjacent to an activating group) is 1. The van der Waals surface area contributed by atoms with Gasteiger partial charge in [-0.2, -0.15) is 5.26 Å². The van der Waals surface area contributed by atoms with E-state index in [9.17, 15) is 5.26 Å². The van der Waals surface area contributed by atoms with Crippen molar-refractivity contribution in [2.75, 3.05) is 19.6 Å². The van der Waals surface area contributed by atoms with E-state index in [4.69, 9.17) is 0 Å². The molecule has 0 saturated heterocycles. The van der Waals surface area contributed by atoms with Crippen molar-refractivity contribution >= 4 is 0 Å². The first-order chi connectivity index (χ1) is 8.85. The van der Waals surface area contributed by atoms with Gasteiger partial charge in [-0.3, -0.25) is 4.90 Å². The van der Waals surface area contributed by atoms with E-state index in [0.717, 1.165) is 25.6 Å². The number of nitriles is 1. The molecule has 0 aromatic carbocycles. The molecule has 2 fully saturated rings. The van der Waals surface area contributed by atoms with Gasteiger partial charge in [-0.05, 0) is 32.2 Å². The first-order valence-corrected chi connectivity index (χ1v) is 7.72. The lowest BCUT2D eigenvalue weighted by atomic mass is 9.96. The topological polar surface area (TPSA) is 39.1 Å². The minimum absolute atomic E-state index is 0.239. The Kier molecular flexibility index (Phi) is 5.46. The highest BCUT2D eigenvalue weighted by Gasteiger charge is 2.28. The summed E-state index contributed by atoms with van der Waals surface area (Å²) >= 11 is 0. The zero-order chi connectivity index (χ0) is 12.8. The van der Waals surface area contributed by atoms with E-state index in [1.54, 1.807) is 0 Å². The lowest BCUT2D eigenvalue weighted by Crippen LogP contribution is -2.41. The smallest absolute Gasteiger partial charge is 0.0672 e. The summed E-state index contributed by atoms with van der Waals surface area (Å²) in [7, 11) is 0. The van der Waals surface area contributed by atoms with Crippen LogP contribution in [0, 0.1) is 17.2 Å². The monoisotopic (exact) mass is 249 g/mol. The first-order valence-electron chi connectivity index (χ1n) is 7.72. The normalized spacial score (nSPS) is 28.9. The van der Waals surface area contributed by atoms with Crippen molar-refractivity contribution in [2.45, 2.75) is 64.0 Å². The standard InChI is InChI=1S/C15H27N3/c1-2-18(14-8-9-14)11-10-17-15-7-5-3-4-6-13(15)12-16/h13-15,17H,2-11H2,1H3. The van der Waals surface area contributed by atoms with Crippen LogP contribution in [0.4, 0.5) is 0 Å². The molecule has 18 heavy (non-hydrogen) atoms. The van der Waals surface area contributed by atoms with Crippen LogP contribution in [0.1, 0.15) is 51.9 Å². The van der Waals surface area contributed by atoms with Gasteiger partial charge in [0.05, 0.1) is 12.0 Å². The van der Waals surface area contributed by atoms with Crippen LogP contribution in [0.15, 0.2) is 0 Å². The lowest BCUT2D eigenvalue weighted by Gasteiger charge is -2.24. The molecule has 2 atom stereocenters. The van der Waals surface area contributed by atoms with E-state index in [2.05, 4.69) is 23.2 Å². The van der Waals surface area contributed by atoms with Gasteiger partial charge in [-0.15, -0.1) is 0 Å². The lowest BCUT2D eigenvalue weighted by molar-refractivity contribution is 0.265. The first kappa shape index (κ1) is 13.8. The Morgan fingerprint density at radius 1 is 1.17 bits per heavy atom. The van der Waals surface area contributed by atoms with Gasteiger partial charge in [0.15, 0.2) is 0 Å². The zero-order valence-electron chi connectivity index (χ0n) is 11.7. The van der Waals surface area contributed by atoms with Crippen LogP contribution in [-0.2, 0) is 0 Å². The van der Waals surface area contributed by atoms with Crippen LogP contribution in [0.25, 0.3) is 0 Å². The molecule has 3 heteroatoms. The van der Waals surface area contributed by atoms with Gasteiger partial charge >= 0.3 is 0 Å². The summed E-state index contributed by atoms with van der Waals surface area (Å²) in [5.41, 5.74) is 0. The highest BCUT2D eigenvalue weighted by atomic mass is 15.2. The molecule has 2 rings (SSSR count). The fraction of sp³-hybridized carbons (Fsp3) is 0.933. The molecule has 0 radical (unpaired) electrons. The predicted molar refractivity (Wildman–Crippen MR) is 74.2 cm³/mol. The molecule has 0 spiro atoms. The van der Waals surface area contributed by atoms with Gasteiger partial charge in [0.25, 0.3) is 0 Å². The molecule has 3 nitrogen and oxygen atoms in total. The Balaban J connectivity index is 1.71. The third kappa shape index (κ3) is 3.96. The summed E-state index contributed by atoms with van der Waals surface area (Å²) in [5.74, 6) is 0.239. The molecule has 102 valence electrons. The van der Waals surface area contributed by atoms with E-state index >= 15 is 0 Å². The molecule has 0 aliphatic heterocycles. The second kappa shape index (κ2) is 7.11. The van der Waals surface area contributed by atoms with E-state index in [1.165, 1.54) is 45.1 Å². The largest absolute Gasteiger partial charge is 0.311 e. The predicted octanol–water partition coefficient (Wildman–Crippen LogP) is 2.53. The maximum absolute atomic E-state index is 9.24. The summed E-state index contributed by atoms with van der Waals surface area (Å²) in [6.45, 7) is 5.61. The van der Waals surface area contributed by atoms with Crippen LogP contribution in [0.3, 0.4) is 0 Å². The van der Waals surface area contributed by atoms with Crippen LogP contribution in [0.2, 0.25) is 0 Å². The van der Waals surface area contributed by atoms with E-state index in [-0.39, 0.29) is 5.92 Å². The maximum Gasteiger partial charge on any atom is 0.0672 e. The maximum atomic E-state index is 9.24. The number of nitrogens with one attached hydrogen (secondary N) is 1. The molecule has 2 aliphatic rings. The van der Waals surface area contributed by atoms with Crippen molar-refractivity contribution in [3.63, 3.8) is 0 Å². The third-order valence-electron chi connectivity index (χ3n) is 4.46. The Morgan fingerprint density at radius 3 is 2.61 bits per heavy atom. The minimum atomic E-state index is 0.239. The molecule has 2 aliphatic carbocycles. The highest BCUT2D eigenvalue weighted by molar-refractivity contribution is 4.93. The SMILES string of the molecule is CCN(CCNC1CCCCCC1C#N)C1CC1. The van der Waals surface area contributed by atoms with E-state index in [0.29, 0.717) is 6.04 Å². The average Bonchev–Trinajstić information content (AvgIpc) is 3.21. The van der Waals surface area contributed by atoms with Crippen LogP contribution in [0.5, 0.6) is 0 Å². The van der Waals surface area contributed by atoms with Gasteiger partial charge in [0, 0.05) is 25.2 Å². The van der Waals surface area contributed by atoms with Gasteiger partial charge in [0.2, 0.25) is 0 Å². The molecule has 0 bridgehead atoms. The molecule has 0 heterocycles. The second-order valence-corrected chi connectivity index (χ2v) is 5.79. The summed E-state index contributed by atoms with van der Waals surface area (Å²) in [4.78, 5) is 2.57. The Bertz CT molecular complexity index is 280. The molecule has 0 aromatic heterocycles. The van der Waals surface area contributed by atoms with Crippen molar-refractivity contribution in [3.8, 4) is 6.07 Å². The molecule has 2 unspecified atom stereocenters. The van der Waals surface area contributed by atoms with Crippen LogP contribution >= 0.6 is 0 Å². The van der Waals surface area contributed by atoms with Gasteiger partial charge in [-0.1, -0.05) is 26.2 Å². The summed E-state index contributed by atoms with van der Waals surface area (Å²) < 4.78 is 0. The molecule has 1 N–H and O–H groups in total. The summed E-state index contributed by atoms with van der Waals surface area (Å²) in [6, 6.07) is 3.80. The number of nitrogens with zero attached hydrogens (tertiary/aromatic N) is 2. The van der Waals surface area contributed by atoms with Gasteiger partial charge in [-0.25, -0.2) is 0 Å². The average molecular weight is 249 g/mol.